The summed E-state index contributed by atoms with van der Waals surface area (Å²) in [5, 5.41) is 4.98. The number of aryl methyl sites for hydroxylation is 2. The number of hydrogen-bond acceptors (Lipinski definition) is 8. The minimum Gasteiger partial charge on any atom is -0.456 e. The monoisotopic (exact) mass is 1750 g/mol. The highest BCUT2D eigenvalue weighted by Crippen LogP contribution is 2.69. The Morgan fingerprint density at radius 2 is 0.727 bits per heavy atom. The molecule has 12 aliphatic rings. The van der Waals surface area contributed by atoms with Crippen LogP contribution < -0.4 is 62.2 Å². The Hall–Kier alpha value is -10.4. The summed E-state index contributed by atoms with van der Waals surface area (Å²) >= 11 is 1.92. The molecule has 0 radical (unpaired) electrons. The first-order chi connectivity index (χ1) is 62.8. The maximum Gasteiger partial charge on any atom is 0.252 e. The summed E-state index contributed by atoms with van der Waals surface area (Å²) in [6.45, 7) is 52.7. The highest BCUT2D eigenvalue weighted by molar-refractivity contribution is 7.25. The van der Waals surface area contributed by atoms with Gasteiger partial charge in [0.1, 0.15) is 11.2 Å². The zero-order valence-electron chi connectivity index (χ0n) is 82.2. The summed E-state index contributed by atoms with van der Waals surface area (Å²) < 4.78 is 9.92. The molecule has 4 fully saturated rings. The Labute approximate surface area is 788 Å². The summed E-state index contributed by atoms with van der Waals surface area (Å²) in [7, 11) is 0. The molecule has 8 aliphatic heterocycles. The topological polar surface area (TPSA) is 32.6 Å². The lowest BCUT2D eigenvalue weighted by atomic mass is 9.33. The van der Waals surface area contributed by atoms with Crippen LogP contribution in [0.5, 0.6) is 0 Å². The summed E-state index contributed by atoms with van der Waals surface area (Å²) in [5.41, 5.74) is 44.1. The van der Waals surface area contributed by atoms with E-state index in [0.29, 0.717) is 0 Å². The van der Waals surface area contributed by atoms with Crippen molar-refractivity contribution in [2.45, 2.75) is 320 Å². The van der Waals surface area contributed by atoms with Crippen molar-refractivity contribution in [2.24, 2.45) is 0 Å². The molecule has 4 saturated carbocycles. The Balaban J connectivity index is 0.588. The van der Waals surface area contributed by atoms with E-state index in [0.717, 1.165) is 54.0 Å². The largest absolute Gasteiger partial charge is 0.456 e. The van der Waals surface area contributed by atoms with Crippen LogP contribution in [0.3, 0.4) is 0 Å². The molecule has 0 amide bonds. The molecule has 12 aromatic carbocycles. The number of benzene rings is 12. The molecular formula is C122H130B2N6OS. The smallest absolute Gasteiger partial charge is 0.252 e. The van der Waals surface area contributed by atoms with Crippen LogP contribution in [0.2, 0.25) is 0 Å². The van der Waals surface area contributed by atoms with E-state index < -0.39 is 0 Å². The Morgan fingerprint density at radius 1 is 0.311 bits per heavy atom. The van der Waals surface area contributed by atoms with Crippen molar-refractivity contribution in [2.75, 3.05) is 29.4 Å². The number of thiophene rings is 1. The van der Waals surface area contributed by atoms with Crippen molar-refractivity contribution in [1.82, 2.24) is 0 Å². The first-order valence-corrected chi connectivity index (χ1v) is 51.5. The second-order valence-corrected chi connectivity index (χ2v) is 50.2. The SMILES string of the molecule is Cc1cc2c3c(c1)N1c4c(cc(C(C)(C)C)cc4C4(C)CCCCC14C)B3c1ccc(N3c4ccc(C(C)(C)C)cc4C4(C)CCCCC34C)cc1N2c1ccc2oc3cc(CC(C)(C)c4ccc5c(c4)C4(C)CCCCC4(C)N5c4ccc5c(c4)N(c4ccc6sc7ccccc7c6c4)c4cc(C)cc6c4B5c4cc(C(C)(C)C)cc5c4N6C4(C)CCCCC54C)ccc3c2c1. The maximum atomic E-state index is 7.24. The van der Waals surface area contributed by atoms with E-state index in [1.165, 1.54) is 260 Å². The fourth-order valence-electron chi connectivity index (χ4n) is 30.3. The van der Waals surface area contributed by atoms with E-state index in [2.05, 4.69) is 375 Å². The first kappa shape index (κ1) is 82.3. The molecule has 8 atom stereocenters. The van der Waals surface area contributed by atoms with Gasteiger partial charge in [0.15, 0.2) is 0 Å². The average molecular weight is 1750 g/mol. The molecule has 4 aliphatic carbocycles. The number of nitrogens with zero attached hydrogens (tertiary/aromatic N) is 6. The van der Waals surface area contributed by atoms with Gasteiger partial charge >= 0.3 is 0 Å². The van der Waals surface area contributed by atoms with Gasteiger partial charge < -0.3 is 33.8 Å². The molecule has 8 unspecified atom stereocenters. The third kappa shape index (κ3) is 10.5. The Morgan fingerprint density at radius 3 is 1.23 bits per heavy atom. The molecule has 132 heavy (non-hydrogen) atoms. The van der Waals surface area contributed by atoms with Gasteiger partial charge in [0, 0.05) is 132 Å². The average Bonchev–Trinajstić information content (AvgIpc) is 1.49. The highest BCUT2D eigenvalue weighted by atomic mass is 32.1. The summed E-state index contributed by atoms with van der Waals surface area (Å²) in [6, 6.07) is 82.8. The molecule has 0 spiro atoms. The van der Waals surface area contributed by atoms with Crippen LogP contribution in [-0.2, 0) is 49.7 Å². The third-order valence-electron chi connectivity index (χ3n) is 38.5. The Kier molecular flexibility index (Phi) is 16.6. The highest BCUT2D eigenvalue weighted by Gasteiger charge is 2.66. The molecule has 0 saturated heterocycles. The van der Waals surface area contributed by atoms with E-state index in [-0.39, 0.29) is 78.9 Å². The van der Waals surface area contributed by atoms with E-state index in [9.17, 15) is 0 Å². The molecule has 7 nitrogen and oxygen atoms in total. The van der Waals surface area contributed by atoms with Gasteiger partial charge in [0.05, 0.1) is 22.2 Å². The van der Waals surface area contributed by atoms with Crippen molar-refractivity contribution >= 4 is 179 Å². The van der Waals surface area contributed by atoms with Gasteiger partial charge in [-0.05, 0) is 324 Å². The van der Waals surface area contributed by atoms with E-state index in [1.54, 1.807) is 11.1 Å². The number of hydrogen-bond donors (Lipinski definition) is 0. The second-order valence-electron chi connectivity index (χ2n) is 49.1. The summed E-state index contributed by atoms with van der Waals surface area (Å²) in [5.74, 6) is 0. The normalized spacial score (nSPS) is 26.2. The molecular weight excluding hydrogens is 1620 g/mol. The molecule has 10 heteroatoms. The molecule has 14 aromatic rings. The van der Waals surface area contributed by atoms with E-state index in [4.69, 9.17) is 4.42 Å². The quantitative estimate of drug-likeness (QED) is 0.147. The molecule has 2 aromatic heterocycles. The van der Waals surface area contributed by atoms with Crippen molar-refractivity contribution in [3.05, 3.63) is 261 Å². The molecule has 0 N–H and O–H groups in total. The van der Waals surface area contributed by atoms with Gasteiger partial charge in [-0.2, -0.15) is 0 Å². The van der Waals surface area contributed by atoms with E-state index >= 15 is 0 Å². The number of anilines is 14. The first-order valence-electron chi connectivity index (χ1n) is 50.7. The number of rotatable bonds is 7. The van der Waals surface area contributed by atoms with Crippen LogP contribution in [-0.4, -0.2) is 35.6 Å². The molecule has 26 rings (SSSR count). The van der Waals surface area contributed by atoms with Gasteiger partial charge in [-0.1, -0.05) is 246 Å². The number of fused-ring (bicyclic) bond motifs is 26. The van der Waals surface area contributed by atoms with Crippen molar-refractivity contribution < 1.29 is 4.42 Å². The fourth-order valence-corrected chi connectivity index (χ4v) is 31.4. The van der Waals surface area contributed by atoms with Crippen molar-refractivity contribution in [3.8, 4) is 0 Å². The molecule has 0 bridgehead atoms. The summed E-state index contributed by atoms with van der Waals surface area (Å²) in [4.78, 5) is 17.0. The predicted molar refractivity (Wildman–Crippen MR) is 565 cm³/mol. The standard InChI is InChI=1S/C122H130B2N6OS/c1-72-56-99-107-101(58-72)129-109-89(117(16)50-26-30-54-121(117,129)20)63-77(112(6,7)8)65-93(109)123(107)91-42-37-81(127-95-44-35-75(111(3,4)5)61-87(95)115(14)48-24-28-52-119(115,127)18)69-97(91)125(99)79-39-46-103-85(67-79)83-41-34-74(60-104(83)131-103)71-114(12,13)76-36-45-96-88(62-76)116(15)49-25-29-53-120(116,19)128(96)82-38-43-92-98(70-82)126(80-40-47-106-86(68-80)84-32-22-23-33-105(84)132-106)100-57-73(2)59-102-108(100)124(92)94-66-78(113(9,10)11)64-90-110(94)130(102)122(21)55-31-27-51-118(90,122)17/h22-23,32-47,56-70H,24-31,48-55,71H2,1-21H3. The van der Waals surface area contributed by atoms with Crippen LogP contribution >= 0.6 is 11.3 Å². The van der Waals surface area contributed by atoms with Gasteiger partial charge in [0.2, 0.25) is 0 Å². The lowest BCUT2D eigenvalue weighted by Crippen LogP contribution is -2.64. The van der Waals surface area contributed by atoms with Crippen LogP contribution in [0, 0.1) is 13.8 Å². The predicted octanol–water partition coefficient (Wildman–Crippen LogP) is 29.2. The van der Waals surface area contributed by atoms with Gasteiger partial charge in [-0.3, -0.25) is 0 Å². The van der Waals surface area contributed by atoms with Crippen LogP contribution in [0.15, 0.2) is 205 Å². The minimum atomic E-state index is -0.224. The molecule has 10 heterocycles. The summed E-state index contributed by atoms with van der Waals surface area (Å²) in [6.07, 6.45) is 20.1. The van der Waals surface area contributed by atoms with Crippen LogP contribution in [0.4, 0.5) is 79.6 Å². The second kappa shape index (κ2) is 26.6. The zero-order chi connectivity index (χ0) is 90.9. The van der Waals surface area contributed by atoms with Crippen LogP contribution in [0.1, 0.15) is 295 Å². The van der Waals surface area contributed by atoms with Crippen molar-refractivity contribution in [1.29, 1.82) is 0 Å². The van der Waals surface area contributed by atoms with Gasteiger partial charge in [-0.25, -0.2) is 0 Å². The lowest BCUT2D eigenvalue weighted by molar-refractivity contribution is 0.194. The third-order valence-corrected chi connectivity index (χ3v) is 39.6. The van der Waals surface area contributed by atoms with Gasteiger partial charge in [0.25, 0.3) is 13.4 Å². The fraction of sp³-hybridized carbons (Fsp3) is 0.410. The number of furan rings is 1. The van der Waals surface area contributed by atoms with E-state index in [1.807, 2.05) is 11.3 Å². The van der Waals surface area contributed by atoms with Crippen molar-refractivity contribution in [3.63, 3.8) is 0 Å². The lowest BCUT2D eigenvalue weighted by Gasteiger charge is -2.53. The van der Waals surface area contributed by atoms with Crippen LogP contribution in [0.25, 0.3) is 42.1 Å². The minimum absolute atomic E-state index is 0.0000306. The maximum absolute atomic E-state index is 7.24. The Bertz CT molecular complexity index is 7470. The zero-order valence-corrected chi connectivity index (χ0v) is 83.0. The van der Waals surface area contributed by atoms with Gasteiger partial charge in [-0.15, -0.1) is 11.3 Å². The molecule has 666 valence electrons.